The number of nitrogens with one attached hydrogen (secondary N) is 1. The summed E-state index contributed by atoms with van der Waals surface area (Å²) in [5.41, 5.74) is 2.44. The molecule has 0 aromatic carbocycles. The number of hydrogen-bond acceptors (Lipinski definition) is 4. The zero-order chi connectivity index (χ0) is 15.0. The lowest BCUT2D eigenvalue weighted by atomic mass is 10.2. The van der Waals surface area contributed by atoms with E-state index in [2.05, 4.69) is 56.4 Å². The van der Waals surface area contributed by atoms with Gasteiger partial charge in [0.25, 0.3) is 0 Å². The van der Waals surface area contributed by atoms with Crippen molar-refractivity contribution in [2.45, 2.75) is 46.2 Å². The van der Waals surface area contributed by atoms with Gasteiger partial charge in [-0.3, -0.25) is 0 Å². The minimum atomic E-state index is 0.556. The molecule has 114 valence electrons. The predicted molar refractivity (Wildman–Crippen MR) is 91.8 cm³/mol. The molecule has 1 rings (SSSR count). The monoisotopic (exact) mass is 295 g/mol. The van der Waals surface area contributed by atoms with Gasteiger partial charge in [-0.15, -0.1) is 0 Å². The molecule has 0 amide bonds. The normalized spacial score (nSPS) is 12.4. The molecular formula is C16H29N3S. The Morgan fingerprint density at radius 2 is 2.10 bits per heavy atom. The van der Waals surface area contributed by atoms with Crippen LogP contribution in [0.25, 0.3) is 0 Å². The van der Waals surface area contributed by atoms with Gasteiger partial charge in [0.05, 0.1) is 0 Å². The van der Waals surface area contributed by atoms with Crippen molar-refractivity contribution in [3.63, 3.8) is 0 Å². The van der Waals surface area contributed by atoms with Gasteiger partial charge in [-0.2, -0.15) is 11.8 Å². The fourth-order valence-corrected chi connectivity index (χ4v) is 3.09. The van der Waals surface area contributed by atoms with E-state index in [0.29, 0.717) is 6.04 Å². The molecule has 0 spiro atoms. The van der Waals surface area contributed by atoms with Gasteiger partial charge >= 0.3 is 0 Å². The predicted octanol–water partition coefficient (Wildman–Crippen LogP) is 3.47. The van der Waals surface area contributed by atoms with E-state index in [-0.39, 0.29) is 0 Å². The molecule has 4 heteroatoms. The topological polar surface area (TPSA) is 28.2 Å². The highest BCUT2D eigenvalue weighted by molar-refractivity contribution is 7.98. The lowest BCUT2D eigenvalue weighted by molar-refractivity contribution is 0.658. The minimum Gasteiger partial charge on any atom is -0.356 e. The van der Waals surface area contributed by atoms with E-state index >= 15 is 0 Å². The van der Waals surface area contributed by atoms with E-state index in [9.17, 15) is 0 Å². The van der Waals surface area contributed by atoms with Crippen LogP contribution in [0.2, 0.25) is 0 Å². The third-order valence-corrected chi connectivity index (χ3v) is 4.38. The molecule has 0 aliphatic carbocycles. The first-order chi connectivity index (χ1) is 9.63. The van der Waals surface area contributed by atoms with Gasteiger partial charge in [-0.1, -0.05) is 19.9 Å². The van der Waals surface area contributed by atoms with Gasteiger partial charge in [-0.05, 0) is 44.2 Å². The Labute approximate surface area is 128 Å². The summed E-state index contributed by atoms with van der Waals surface area (Å²) in [5.74, 6) is 2.23. The zero-order valence-corrected chi connectivity index (χ0v) is 14.4. The van der Waals surface area contributed by atoms with E-state index in [1.807, 2.05) is 11.8 Å². The Morgan fingerprint density at radius 3 is 2.65 bits per heavy atom. The van der Waals surface area contributed by atoms with Crippen molar-refractivity contribution in [2.24, 2.45) is 0 Å². The Hall–Kier alpha value is -0.740. The van der Waals surface area contributed by atoms with Crippen LogP contribution in [0.15, 0.2) is 12.1 Å². The van der Waals surface area contributed by atoms with E-state index < -0.39 is 0 Å². The van der Waals surface area contributed by atoms with Crippen LogP contribution in [0.3, 0.4) is 0 Å². The third kappa shape index (κ3) is 4.98. The summed E-state index contributed by atoms with van der Waals surface area (Å²) < 4.78 is 0. The molecule has 0 bridgehead atoms. The number of thioether (sulfide) groups is 1. The van der Waals surface area contributed by atoms with Crippen molar-refractivity contribution in [1.82, 2.24) is 10.3 Å². The van der Waals surface area contributed by atoms with Crippen LogP contribution < -0.4 is 10.2 Å². The average Bonchev–Trinajstić information content (AvgIpc) is 2.46. The molecule has 0 saturated heterocycles. The largest absolute Gasteiger partial charge is 0.356 e. The van der Waals surface area contributed by atoms with Crippen molar-refractivity contribution < 1.29 is 0 Å². The maximum atomic E-state index is 4.78. The smallest absolute Gasteiger partial charge is 0.128 e. The van der Waals surface area contributed by atoms with Gasteiger partial charge in [0, 0.05) is 31.1 Å². The summed E-state index contributed by atoms with van der Waals surface area (Å²) in [7, 11) is 2.15. The van der Waals surface area contributed by atoms with Gasteiger partial charge in [0.1, 0.15) is 5.82 Å². The first-order valence-corrected chi connectivity index (χ1v) is 8.92. The van der Waals surface area contributed by atoms with Crippen molar-refractivity contribution in [2.75, 3.05) is 30.5 Å². The third-order valence-electron chi connectivity index (χ3n) is 3.66. The second-order valence-corrected chi connectivity index (χ2v) is 6.13. The molecule has 1 unspecified atom stereocenters. The number of nitrogens with zero attached hydrogens (tertiary/aromatic N) is 2. The van der Waals surface area contributed by atoms with Crippen LogP contribution in [0.5, 0.6) is 0 Å². The number of aryl methyl sites for hydroxylation is 1. The molecule has 0 fully saturated rings. The molecule has 1 atom stereocenters. The zero-order valence-electron chi connectivity index (χ0n) is 13.6. The van der Waals surface area contributed by atoms with Gasteiger partial charge in [0.2, 0.25) is 0 Å². The summed E-state index contributed by atoms with van der Waals surface area (Å²) >= 11 is 1.90. The second kappa shape index (κ2) is 9.24. The minimum absolute atomic E-state index is 0.556. The number of pyridine rings is 1. The van der Waals surface area contributed by atoms with Crippen LogP contribution in [-0.4, -0.2) is 36.6 Å². The fraction of sp³-hybridized carbons (Fsp3) is 0.688. The standard InChI is InChI=1S/C16H29N3S/c1-6-10-17-11-14-8-9-16(18-13(14)3)19(4)15(7-2)12-20-5/h8-9,15,17H,6-7,10-12H2,1-5H3. The van der Waals surface area contributed by atoms with Crippen molar-refractivity contribution in [3.8, 4) is 0 Å². The van der Waals surface area contributed by atoms with Crippen LogP contribution in [-0.2, 0) is 6.54 Å². The highest BCUT2D eigenvalue weighted by Gasteiger charge is 2.14. The molecule has 0 aliphatic rings. The molecule has 1 aromatic heterocycles. The van der Waals surface area contributed by atoms with Crippen LogP contribution >= 0.6 is 11.8 Å². The van der Waals surface area contributed by atoms with Crippen molar-refractivity contribution >= 4 is 17.6 Å². The quantitative estimate of drug-likeness (QED) is 0.706. The molecule has 1 N–H and O–H groups in total. The van der Waals surface area contributed by atoms with E-state index in [1.165, 1.54) is 12.0 Å². The highest BCUT2D eigenvalue weighted by Crippen LogP contribution is 2.19. The Kier molecular flexibility index (Phi) is 8.00. The fourth-order valence-electron chi connectivity index (χ4n) is 2.24. The number of aromatic nitrogens is 1. The molecular weight excluding hydrogens is 266 g/mol. The SMILES string of the molecule is CCCNCc1ccc(N(C)C(CC)CSC)nc1C. The molecule has 3 nitrogen and oxygen atoms in total. The Bertz CT molecular complexity index is 395. The first kappa shape index (κ1) is 17.3. The van der Waals surface area contributed by atoms with Crippen LogP contribution in [0.1, 0.15) is 37.9 Å². The molecule has 1 aromatic rings. The molecule has 20 heavy (non-hydrogen) atoms. The first-order valence-electron chi connectivity index (χ1n) is 7.53. The average molecular weight is 295 g/mol. The van der Waals surface area contributed by atoms with Crippen molar-refractivity contribution in [1.29, 1.82) is 0 Å². The Balaban J connectivity index is 2.74. The summed E-state index contributed by atoms with van der Waals surface area (Å²) in [6.45, 7) is 8.52. The van der Waals surface area contributed by atoms with Crippen molar-refractivity contribution in [3.05, 3.63) is 23.4 Å². The molecule has 0 saturated carbocycles. The van der Waals surface area contributed by atoms with E-state index in [0.717, 1.165) is 36.8 Å². The summed E-state index contributed by atoms with van der Waals surface area (Å²) in [5, 5.41) is 3.44. The maximum absolute atomic E-state index is 4.78. The van der Waals surface area contributed by atoms with E-state index in [4.69, 9.17) is 4.98 Å². The van der Waals surface area contributed by atoms with E-state index in [1.54, 1.807) is 0 Å². The summed E-state index contributed by atoms with van der Waals surface area (Å²) in [4.78, 5) is 7.09. The number of anilines is 1. The van der Waals surface area contributed by atoms with Crippen LogP contribution in [0.4, 0.5) is 5.82 Å². The van der Waals surface area contributed by atoms with Gasteiger partial charge < -0.3 is 10.2 Å². The highest BCUT2D eigenvalue weighted by atomic mass is 32.2. The van der Waals surface area contributed by atoms with Crippen LogP contribution in [0, 0.1) is 6.92 Å². The summed E-state index contributed by atoms with van der Waals surface area (Å²) in [6.07, 6.45) is 4.48. The lowest BCUT2D eigenvalue weighted by Crippen LogP contribution is -2.34. The van der Waals surface area contributed by atoms with Gasteiger partial charge in [0.15, 0.2) is 0 Å². The second-order valence-electron chi connectivity index (χ2n) is 5.22. The number of hydrogen-bond donors (Lipinski definition) is 1. The maximum Gasteiger partial charge on any atom is 0.128 e. The molecule has 0 radical (unpaired) electrons. The Morgan fingerprint density at radius 1 is 1.35 bits per heavy atom. The number of rotatable bonds is 9. The summed E-state index contributed by atoms with van der Waals surface area (Å²) in [6, 6.07) is 4.92. The molecule has 0 aliphatic heterocycles. The van der Waals surface area contributed by atoms with Gasteiger partial charge in [-0.25, -0.2) is 4.98 Å². The molecule has 1 heterocycles. The lowest BCUT2D eigenvalue weighted by Gasteiger charge is -2.28.